The van der Waals surface area contributed by atoms with Crippen LogP contribution in [-0.4, -0.2) is 29.6 Å². The van der Waals surface area contributed by atoms with Crippen LogP contribution in [0.1, 0.15) is 20.8 Å². The molecule has 0 heterocycles. The highest BCUT2D eigenvalue weighted by Gasteiger charge is 2.31. The molecular formula is C14H19F3N2O3. The van der Waals surface area contributed by atoms with Crippen molar-refractivity contribution >= 4 is 11.7 Å². The van der Waals surface area contributed by atoms with Gasteiger partial charge in [0, 0.05) is 12.2 Å². The van der Waals surface area contributed by atoms with Crippen LogP contribution in [0.3, 0.4) is 0 Å². The highest BCUT2D eigenvalue weighted by molar-refractivity contribution is 5.89. The Labute approximate surface area is 126 Å². The summed E-state index contributed by atoms with van der Waals surface area (Å²) in [5.41, 5.74) is -0.752. The molecule has 0 spiro atoms. The average molecular weight is 320 g/mol. The molecule has 8 heteroatoms. The first-order valence-electron chi connectivity index (χ1n) is 6.62. The van der Waals surface area contributed by atoms with Crippen molar-refractivity contribution < 1.29 is 27.8 Å². The van der Waals surface area contributed by atoms with Crippen LogP contribution in [0.25, 0.3) is 0 Å². The van der Waals surface area contributed by atoms with Gasteiger partial charge in [-0.25, -0.2) is 4.79 Å². The Kier molecular flexibility index (Phi) is 5.65. The van der Waals surface area contributed by atoms with Gasteiger partial charge in [0.15, 0.2) is 0 Å². The first-order chi connectivity index (χ1) is 9.99. The maximum Gasteiger partial charge on any atom is 0.573 e. The Morgan fingerprint density at radius 1 is 1.27 bits per heavy atom. The maximum absolute atomic E-state index is 12.0. The van der Waals surface area contributed by atoms with E-state index in [1.807, 2.05) is 13.8 Å². The number of carbonyl (C=O) groups excluding carboxylic acids is 1. The summed E-state index contributed by atoms with van der Waals surface area (Å²) in [5.74, 6) is -0.423. The Balaban J connectivity index is 2.52. The minimum absolute atomic E-state index is 0.0474. The second-order valence-corrected chi connectivity index (χ2v) is 5.39. The Morgan fingerprint density at radius 2 is 1.82 bits per heavy atom. The molecule has 5 nitrogen and oxygen atoms in total. The average Bonchev–Trinajstić information content (AvgIpc) is 2.37. The van der Waals surface area contributed by atoms with Gasteiger partial charge in [0.1, 0.15) is 5.75 Å². The minimum atomic E-state index is -4.76. The summed E-state index contributed by atoms with van der Waals surface area (Å²) in [4.78, 5) is 11.7. The molecular weight excluding hydrogens is 301 g/mol. The second kappa shape index (κ2) is 6.87. The van der Waals surface area contributed by atoms with Crippen LogP contribution >= 0.6 is 0 Å². The van der Waals surface area contributed by atoms with Gasteiger partial charge >= 0.3 is 12.4 Å². The third-order valence-electron chi connectivity index (χ3n) is 3.20. The topological polar surface area (TPSA) is 70.6 Å². The normalized spacial score (nSPS) is 14.4. The van der Waals surface area contributed by atoms with Crippen LogP contribution in [0.2, 0.25) is 0 Å². The summed E-state index contributed by atoms with van der Waals surface area (Å²) in [5, 5.41) is 14.9. The molecule has 0 saturated heterocycles. The van der Waals surface area contributed by atoms with Crippen molar-refractivity contribution in [2.75, 3.05) is 11.9 Å². The first kappa shape index (κ1) is 18.1. The third kappa shape index (κ3) is 6.21. The van der Waals surface area contributed by atoms with Gasteiger partial charge in [-0.3, -0.25) is 0 Å². The van der Waals surface area contributed by atoms with Crippen molar-refractivity contribution in [2.45, 2.75) is 32.7 Å². The zero-order chi connectivity index (χ0) is 17.0. The van der Waals surface area contributed by atoms with Gasteiger partial charge in [0.05, 0.1) is 5.60 Å². The predicted molar refractivity (Wildman–Crippen MR) is 75.6 cm³/mol. The number of hydrogen-bond acceptors (Lipinski definition) is 3. The van der Waals surface area contributed by atoms with E-state index in [2.05, 4.69) is 15.4 Å². The predicted octanol–water partition coefficient (Wildman–Crippen LogP) is 3.11. The van der Waals surface area contributed by atoms with Crippen LogP contribution < -0.4 is 15.4 Å². The third-order valence-corrected chi connectivity index (χ3v) is 3.20. The van der Waals surface area contributed by atoms with Gasteiger partial charge in [-0.05, 0) is 37.1 Å². The molecule has 0 aliphatic carbocycles. The highest BCUT2D eigenvalue weighted by atomic mass is 19.4. The molecule has 1 rings (SSSR count). The molecule has 1 unspecified atom stereocenters. The number of halogens is 3. The zero-order valence-corrected chi connectivity index (χ0v) is 12.5. The van der Waals surface area contributed by atoms with Gasteiger partial charge in [-0.2, -0.15) is 0 Å². The van der Waals surface area contributed by atoms with E-state index < -0.39 is 18.0 Å². The fourth-order valence-corrected chi connectivity index (χ4v) is 1.38. The van der Waals surface area contributed by atoms with Crippen LogP contribution in [0.15, 0.2) is 24.3 Å². The summed E-state index contributed by atoms with van der Waals surface area (Å²) in [7, 11) is 0. The molecule has 0 fully saturated rings. The lowest BCUT2D eigenvalue weighted by atomic mass is 9.93. The molecule has 22 heavy (non-hydrogen) atoms. The molecule has 0 bridgehead atoms. The fraction of sp³-hybridized carbons (Fsp3) is 0.500. The number of urea groups is 1. The molecule has 0 aromatic heterocycles. The van der Waals surface area contributed by atoms with Crippen molar-refractivity contribution in [3.8, 4) is 5.75 Å². The van der Waals surface area contributed by atoms with Crippen LogP contribution in [0.4, 0.5) is 23.7 Å². The van der Waals surface area contributed by atoms with Gasteiger partial charge < -0.3 is 20.5 Å². The lowest BCUT2D eigenvalue weighted by Gasteiger charge is -2.27. The van der Waals surface area contributed by atoms with E-state index >= 15 is 0 Å². The summed E-state index contributed by atoms with van der Waals surface area (Å²) in [6, 6.07) is 4.17. The van der Waals surface area contributed by atoms with E-state index in [1.54, 1.807) is 6.92 Å². The lowest BCUT2D eigenvalue weighted by Crippen LogP contribution is -2.45. The molecule has 3 N–H and O–H groups in total. The van der Waals surface area contributed by atoms with Crippen LogP contribution in [-0.2, 0) is 0 Å². The number of aliphatic hydroxyl groups is 1. The molecule has 124 valence electrons. The summed E-state index contributed by atoms with van der Waals surface area (Å²) >= 11 is 0. The number of amides is 2. The van der Waals surface area contributed by atoms with Crippen molar-refractivity contribution in [1.29, 1.82) is 0 Å². The number of rotatable bonds is 5. The van der Waals surface area contributed by atoms with Gasteiger partial charge in [0.25, 0.3) is 0 Å². The van der Waals surface area contributed by atoms with E-state index in [-0.39, 0.29) is 18.2 Å². The number of benzene rings is 1. The monoisotopic (exact) mass is 320 g/mol. The largest absolute Gasteiger partial charge is 0.573 e. The van der Waals surface area contributed by atoms with Crippen molar-refractivity contribution in [3.63, 3.8) is 0 Å². The minimum Gasteiger partial charge on any atom is -0.406 e. The van der Waals surface area contributed by atoms with Gasteiger partial charge in [-0.15, -0.1) is 13.2 Å². The first-order valence-corrected chi connectivity index (χ1v) is 6.62. The number of nitrogens with one attached hydrogen (secondary N) is 2. The Hall–Kier alpha value is -1.96. The molecule has 2 amide bonds. The van der Waals surface area contributed by atoms with Crippen molar-refractivity contribution in [1.82, 2.24) is 5.32 Å². The quantitative estimate of drug-likeness (QED) is 0.780. The van der Waals surface area contributed by atoms with Crippen molar-refractivity contribution in [2.24, 2.45) is 5.92 Å². The molecule has 0 aliphatic rings. The highest BCUT2D eigenvalue weighted by Crippen LogP contribution is 2.23. The maximum atomic E-state index is 12.0. The number of alkyl halides is 3. The molecule has 1 aromatic rings. The van der Waals surface area contributed by atoms with E-state index in [0.29, 0.717) is 5.69 Å². The van der Waals surface area contributed by atoms with Crippen molar-refractivity contribution in [3.05, 3.63) is 24.3 Å². The molecule has 0 aliphatic heterocycles. The van der Waals surface area contributed by atoms with E-state index in [1.165, 1.54) is 12.1 Å². The molecule has 0 saturated carbocycles. The molecule has 1 atom stereocenters. The van der Waals surface area contributed by atoms with Crippen LogP contribution in [0, 0.1) is 5.92 Å². The Bertz CT molecular complexity index is 499. The zero-order valence-electron chi connectivity index (χ0n) is 12.5. The number of anilines is 1. The molecule has 1 aromatic carbocycles. The van der Waals surface area contributed by atoms with E-state index in [9.17, 15) is 23.1 Å². The van der Waals surface area contributed by atoms with E-state index in [0.717, 1.165) is 12.1 Å². The van der Waals surface area contributed by atoms with Gasteiger partial charge in [-0.1, -0.05) is 13.8 Å². The second-order valence-electron chi connectivity index (χ2n) is 5.39. The van der Waals surface area contributed by atoms with Gasteiger partial charge in [0.2, 0.25) is 0 Å². The number of hydrogen-bond donors (Lipinski definition) is 3. The Morgan fingerprint density at radius 3 is 2.27 bits per heavy atom. The number of carbonyl (C=O) groups is 1. The summed E-state index contributed by atoms with van der Waals surface area (Å²) in [6.45, 7) is 5.28. The van der Waals surface area contributed by atoms with E-state index in [4.69, 9.17) is 0 Å². The lowest BCUT2D eigenvalue weighted by molar-refractivity contribution is -0.274. The molecule has 0 radical (unpaired) electrons. The van der Waals surface area contributed by atoms with Crippen LogP contribution in [0.5, 0.6) is 5.75 Å². The fourth-order valence-electron chi connectivity index (χ4n) is 1.38. The smallest absolute Gasteiger partial charge is 0.406 e. The standard InChI is InChI=1S/C14H19F3N2O3/c1-9(2)13(3,21)8-18-12(20)19-10-4-6-11(7-5-10)22-14(15,16)17/h4-7,9,21H,8H2,1-3H3,(H2,18,19,20). The SMILES string of the molecule is CC(C)C(C)(O)CNC(=O)Nc1ccc(OC(F)(F)F)cc1. The summed E-state index contributed by atoms with van der Waals surface area (Å²) < 4.78 is 39.7. The summed E-state index contributed by atoms with van der Waals surface area (Å²) in [6.07, 6.45) is -4.76. The number of ether oxygens (including phenoxy) is 1.